The molecule has 0 spiro atoms. The number of hydrogen-bond acceptors (Lipinski definition) is 5. The highest BCUT2D eigenvalue weighted by Gasteiger charge is 2.21. The van der Waals surface area contributed by atoms with E-state index < -0.39 is 0 Å². The van der Waals surface area contributed by atoms with E-state index in [0.29, 0.717) is 25.4 Å². The lowest BCUT2D eigenvalue weighted by Crippen LogP contribution is -2.44. The van der Waals surface area contributed by atoms with Gasteiger partial charge in [-0.3, -0.25) is 9.89 Å². The van der Waals surface area contributed by atoms with Crippen LogP contribution in [0.2, 0.25) is 0 Å². The highest BCUT2D eigenvalue weighted by Crippen LogP contribution is 2.14. The number of rotatable bonds is 10. The second kappa shape index (κ2) is 12.5. The predicted octanol–water partition coefficient (Wildman–Crippen LogP) is 3.16. The van der Waals surface area contributed by atoms with E-state index in [9.17, 15) is 0 Å². The zero-order valence-corrected chi connectivity index (χ0v) is 19.0. The molecule has 2 aromatic rings. The van der Waals surface area contributed by atoms with E-state index in [2.05, 4.69) is 58.6 Å². The smallest absolute Gasteiger partial charge is 0.191 e. The van der Waals surface area contributed by atoms with Crippen molar-refractivity contribution in [2.24, 2.45) is 4.99 Å². The summed E-state index contributed by atoms with van der Waals surface area (Å²) >= 11 is 0. The zero-order valence-electron chi connectivity index (χ0n) is 19.0. The van der Waals surface area contributed by atoms with Crippen LogP contribution in [0, 0.1) is 0 Å². The Kier molecular flexibility index (Phi) is 9.39. The number of guanidine groups is 1. The van der Waals surface area contributed by atoms with E-state index >= 15 is 0 Å². The molecule has 1 fully saturated rings. The van der Waals surface area contributed by atoms with Crippen LogP contribution in [0.5, 0.6) is 0 Å². The number of aliphatic imine (C=N–C) groups is 1. The predicted molar refractivity (Wildman–Crippen MR) is 123 cm³/mol. The molecule has 0 saturated carbocycles. The van der Waals surface area contributed by atoms with Crippen LogP contribution in [0.15, 0.2) is 52.1 Å². The lowest BCUT2D eigenvalue weighted by atomic mass is 10.1. The summed E-state index contributed by atoms with van der Waals surface area (Å²) in [7, 11) is 1.79. The molecule has 1 aromatic heterocycles. The molecule has 7 heteroatoms. The molecule has 2 atom stereocenters. The summed E-state index contributed by atoms with van der Waals surface area (Å²) in [5.74, 6) is 1.65. The molecule has 1 saturated heterocycles. The van der Waals surface area contributed by atoms with Crippen molar-refractivity contribution in [3.8, 4) is 0 Å². The second-order valence-electron chi connectivity index (χ2n) is 8.11. The summed E-state index contributed by atoms with van der Waals surface area (Å²) in [4.78, 5) is 6.76. The summed E-state index contributed by atoms with van der Waals surface area (Å²) in [5, 5.41) is 6.69. The van der Waals surface area contributed by atoms with Gasteiger partial charge in [0.15, 0.2) is 5.96 Å². The molecule has 0 amide bonds. The SMILES string of the molecule is CN=C(NCCCOCc1ccco1)NCc1ccc(CN2CC(C)OC(C)C2)cc1. The van der Waals surface area contributed by atoms with Gasteiger partial charge in [-0.05, 0) is 43.5 Å². The summed E-state index contributed by atoms with van der Waals surface area (Å²) in [6, 6.07) is 12.6. The third kappa shape index (κ3) is 8.36. The lowest BCUT2D eigenvalue weighted by molar-refractivity contribution is -0.0704. The van der Waals surface area contributed by atoms with E-state index in [1.165, 1.54) is 11.1 Å². The molecule has 0 radical (unpaired) electrons. The van der Waals surface area contributed by atoms with Gasteiger partial charge in [0.1, 0.15) is 12.4 Å². The quantitative estimate of drug-likeness (QED) is 0.344. The molecular formula is C24H36N4O3. The van der Waals surface area contributed by atoms with Gasteiger partial charge in [-0.2, -0.15) is 0 Å². The van der Waals surface area contributed by atoms with Gasteiger partial charge in [-0.1, -0.05) is 24.3 Å². The van der Waals surface area contributed by atoms with Crippen molar-refractivity contribution < 1.29 is 13.9 Å². The van der Waals surface area contributed by atoms with Crippen LogP contribution < -0.4 is 10.6 Å². The monoisotopic (exact) mass is 428 g/mol. The molecule has 3 rings (SSSR count). The number of ether oxygens (including phenoxy) is 2. The molecule has 1 aliphatic heterocycles. The first-order chi connectivity index (χ1) is 15.1. The molecule has 0 bridgehead atoms. The largest absolute Gasteiger partial charge is 0.467 e. The summed E-state index contributed by atoms with van der Waals surface area (Å²) in [5.41, 5.74) is 2.57. The van der Waals surface area contributed by atoms with E-state index in [4.69, 9.17) is 13.9 Å². The van der Waals surface area contributed by atoms with Gasteiger partial charge in [0.25, 0.3) is 0 Å². The van der Waals surface area contributed by atoms with Gasteiger partial charge in [0, 0.05) is 46.4 Å². The Hall–Kier alpha value is -2.35. The first-order valence-corrected chi connectivity index (χ1v) is 11.1. The standard InChI is InChI=1S/C24H36N4O3/c1-19-15-28(16-20(2)31-19)17-22-9-7-21(8-10-22)14-27-24(25-3)26-11-5-12-29-18-23-6-4-13-30-23/h4,6-10,13,19-20H,5,11-12,14-18H2,1-3H3,(H2,25,26,27). The van der Waals surface area contributed by atoms with Gasteiger partial charge in [0.2, 0.25) is 0 Å². The number of nitrogens with one attached hydrogen (secondary N) is 2. The molecule has 31 heavy (non-hydrogen) atoms. The maximum Gasteiger partial charge on any atom is 0.191 e. The zero-order chi connectivity index (χ0) is 21.9. The van der Waals surface area contributed by atoms with Crippen molar-refractivity contribution in [3.05, 3.63) is 59.5 Å². The maximum atomic E-state index is 5.82. The third-order valence-corrected chi connectivity index (χ3v) is 5.19. The molecule has 0 aliphatic carbocycles. The first-order valence-electron chi connectivity index (χ1n) is 11.1. The van der Waals surface area contributed by atoms with E-state index in [-0.39, 0.29) is 0 Å². The number of hydrogen-bond donors (Lipinski definition) is 2. The average Bonchev–Trinajstić information content (AvgIpc) is 3.26. The van der Waals surface area contributed by atoms with Crippen LogP contribution in [0.3, 0.4) is 0 Å². The highest BCUT2D eigenvalue weighted by molar-refractivity contribution is 5.79. The van der Waals surface area contributed by atoms with Gasteiger partial charge in [-0.25, -0.2) is 0 Å². The number of morpholine rings is 1. The number of furan rings is 1. The molecule has 1 aliphatic rings. The summed E-state index contributed by atoms with van der Waals surface area (Å²) in [6.07, 6.45) is 3.16. The van der Waals surface area contributed by atoms with Gasteiger partial charge in [-0.15, -0.1) is 0 Å². The van der Waals surface area contributed by atoms with E-state index in [0.717, 1.165) is 50.9 Å². The molecule has 170 valence electrons. The van der Waals surface area contributed by atoms with E-state index in [1.54, 1.807) is 13.3 Å². The van der Waals surface area contributed by atoms with Crippen molar-refractivity contribution in [1.29, 1.82) is 0 Å². The minimum Gasteiger partial charge on any atom is -0.467 e. The molecule has 1 aromatic carbocycles. The fourth-order valence-corrected chi connectivity index (χ4v) is 3.79. The van der Waals surface area contributed by atoms with Gasteiger partial charge >= 0.3 is 0 Å². The Balaban J connectivity index is 1.31. The fraction of sp³-hybridized carbons (Fsp3) is 0.542. The van der Waals surface area contributed by atoms with Crippen LogP contribution in [-0.4, -0.2) is 56.4 Å². The Morgan fingerprint density at radius 1 is 1.10 bits per heavy atom. The summed E-state index contributed by atoms with van der Waals surface area (Å²) < 4.78 is 16.7. The molecule has 2 N–H and O–H groups in total. The molecule has 2 unspecified atom stereocenters. The van der Waals surface area contributed by atoms with Crippen molar-refractivity contribution in [2.75, 3.05) is 33.3 Å². The first kappa shape index (κ1) is 23.3. The summed E-state index contributed by atoms with van der Waals surface area (Å²) in [6.45, 7) is 9.96. The van der Waals surface area contributed by atoms with Gasteiger partial charge < -0.3 is 24.5 Å². The highest BCUT2D eigenvalue weighted by atomic mass is 16.5. The van der Waals surface area contributed by atoms with Crippen LogP contribution in [0.4, 0.5) is 0 Å². The second-order valence-corrected chi connectivity index (χ2v) is 8.11. The minimum atomic E-state index is 0.300. The topological polar surface area (TPSA) is 71.3 Å². The normalized spacial score (nSPS) is 20.0. The lowest BCUT2D eigenvalue weighted by Gasteiger charge is -2.35. The van der Waals surface area contributed by atoms with Crippen LogP contribution in [0.25, 0.3) is 0 Å². The van der Waals surface area contributed by atoms with Gasteiger partial charge in [0.05, 0.1) is 18.5 Å². The number of benzene rings is 1. The molecule has 7 nitrogen and oxygen atoms in total. The van der Waals surface area contributed by atoms with E-state index in [1.807, 2.05) is 12.1 Å². The maximum absolute atomic E-state index is 5.82. The van der Waals surface area contributed by atoms with Crippen molar-refractivity contribution >= 4 is 5.96 Å². The minimum absolute atomic E-state index is 0.300. The van der Waals surface area contributed by atoms with Crippen LogP contribution in [0.1, 0.15) is 37.2 Å². The van der Waals surface area contributed by atoms with Crippen LogP contribution in [-0.2, 0) is 29.2 Å². The van der Waals surface area contributed by atoms with Crippen LogP contribution >= 0.6 is 0 Å². The van der Waals surface area contributed by atoms with Crippen molar-refractivity contribution in [1.82, 2.24) is 15.5 Å². The Morgan fingerprint density at radius 3 is 2.52 bits per heavy atom. The average molecular weight is 429 g/mol. The molecule has 2 heterocycles. The fourth-order valence-electron chi connectivity index (χ4n) is 3.79. The number of nitrogens with zero attached hydrogens (tertiary/aromatic N) is 2. The van der Waals surface area contributed by atoms with Crippen molar-refractivity contribution in [2.45, 2.75) is 52.2 Å². The van der Waals surface area contributed by atoms with Crippen molar-refractivity contribution in [3.63, 3.8) is 0 Å². The Bertz CT molecular complexity index is 767. The Labute approximate surface area is 185 Å². The third-order valence-electron chi connectivity index (χ3n) is 5.19. The Morgan fingerprint density at radius 2 is 1.84 bits per heavy atom. The molecular weight excluding hydrogens is 392 g/mol.